The lowest BCUT2D eigenvalue weighted by molar-refractivity contribution is -0.122. The van der Waals surface area contributed by atoms with Gasteiger partial charge in [-0.05, 0) is 42.7 Å². The van der Waals surface area contributed by atoms with Gasteiger partial charge in [-0.2, -0.15) is 9.97 Å². The maximum Gasteiger partial charge on any atom is 0.339 e. The number of rotatable bonds is 10. The molecule has 12 heteroatoms. The van der Waals surface area contributed by atoms with Gasteiger partial charge in [-0.1, -0.05) is 6.07 Å². The molecular formula is C28H29N5O6S. The normalized spacial score (nSPS) is 15.1. The molecule has 208 valence electrons. The van der Waals surface area contributed by atoms with Crippen LogP contribution in [0.1, 0.15) is 28.8 Å². The van der Waals surface area contributed by atoms with Crippen LogP contribution in [0, 0.1) is 5.92 Å². The van der Waals surface area contributed by atoms with Gasteiger partial charge >= 0.3 is 5.97 Å². The minimum absolute atomic E-state index is 0.0654. The van der Waals surface area contributed by atoms with Gasteiger partial charge in [0.1, 0.15) is 22.6 Å². The van der Waals surface area contributed by atoms with Gasteiger partial charge in [-0.25, -0.2) is 9.78 Å². The Kier molecular flexibility index (Phi) is 7.96. The van der Waals surface area contributed by atoms with E-state index >= 15 is 0 Å². The number of nitrogens with one attached hydrogen (secondary N) is 1. The minimum atomic E-state index is -1.07. The molecule has 4 aromatic rings. The number of Topliss-reactive ketones (excluding diaryl/α,β-unsaturated/α-hetero) is 1. The van der Waals surface area contributed by atoms with Gasteiger partial charge < -0.3 is 29.5 Å². The number of benzene rings is 2. The van der Waals surface area contributed by atoms with Crippen molar-refractivity contribution in [2.45, 2.75) is 19.3 Å². The Balaban J connectivity index is 1.35. The molecule has 0 aliphatic carbocycles. The summed E-state index contributed by atoms with van der Waals surface area (Å²) in [4.78, 5) is 41.5. The highest BCUT2D eigenvalue weighted by molar-refractivity contribution is 7.16. The summed E-state index contributed by atoms with van der Waals surface area (Å²) in [7, 11) is 4.59. The number of fused-ring (bicyclic) bond motifs is 1. The van der Waals surface area contributed by atoms with Crippen LogP contribution in [0.3, 0.4) is 0 Å². The molecule has 2 aromatic heterocycles. The quantitative estimate of drug-likeness (QED) is 0.280. The van der Waals surface area contributed by atoms with Crippen molar-refractivity contribution in [3.8, 4) is 17.2 Å². The highest BCUT2D eigenvalue weighted by Crippen LogP contribution is 2.34. The Bertz CT molecular complexity index is 1560. The fourth-order valence-corrected chi connectivity index (χ4v) is 5.47. The Morgan fingerprint density at radius 3 is 2.60 bits per heavy atom. The Labute approximate surface area is 234 Å². The summed E-state index contributed by atoms with van der Waals surface area (Å²) < 4.78 is 16.0. The lowest BCUT2D eigenvalue weighted by Crippen LogP contribution is -2.40. The van der Waals surface area contributed by atoms with Crippen LogP contribution in [0.15, 0.2) is 41.9 Å². The molecule has 0 saturated carbocycles. The van der Waals surface area contributed by atoms with Gasteiger partial charge in [-0.15, -0.1) is 11.3 Å². The van der Waals surface area contributed by atoms with Gasteiger partial charge in [0.25, 0.3) is 0 Å². The molecule has 0 spiro atoms. The first-order valence-electron chi connectivity index (χ1n) is 12.7. The molecule has 11 nitrogen and oxygen atoms in total. The first-order chi connectivity index (χ1) is 19.4. The number of carboxylic acid groups (broad SMARTS) is 1. The zero-order valence-electron chi connectivity index (χ0n) is 22.3. The summed E-state index contributed by atoms with van der Waals surface area (Å²) in [6.45, 7) is 1.22. The molecule has 2 aromatic carbocycles. The van der Waals surface area contributed by atoms with E-state index in [0.29, 0.717) is 40.9 Å². The fraction of sp³-hybridized carbons (Fsp3) is 0.321. The van der Waals surface area contributed by atoms with Crippen LogP contribution in [-0.2, 0) is 11.2 Å². The van der Waals surface area contributed by atoms with E-state index in [-0.39, 0.29) is 29.4 Å². The maximum absolute atomic E-state index is 13.3. The van der Waals surface area contributed by atoms with Crippen LogP contribution in [0.5, 0.6) is 17.2 Å². The van der Waals surface area contributed by atoms with E-state index in [1.165, 1.54) is 24.5 Å². The fourth-order valence-electron chi connectivity index (χ4n) is 4.82. The van der Waals surface area contributed by atoms with Crippen molar-refractivity contribution >= 4 is 50.9 Å². The highest BCUT2D eigenvalue weighted by Gasteiger charge is 2.28. The lowest BCUT2D eigenvalue weighted by Gasteiger charge is -2.32. The molecule has 3 heterocycles. The molecule has 1 aliphatic heterocycles. The molecule has 0 bridgehead atoms. The molecule has 1 fully saturated rings. The van der Waals surface area contributed by atoms with Crippen LogP contribution in [0.4, 0.5) is 17.5 Å². The second kappa shape index (κ2) is 11.7. The minimum Gasteiger partial charge on any atom is -0.496 e. The summed E-state index contributed by atoms with van der Waals surface area (Å²) in [5.74, 6) is 1.34. The number of ketones is 1. The highest BCUT2D eigenvalue weighted by atomic mass is 32.1. The Hall–Kier alpha value is -4.45. The predicted octanol–water partition coefficient (Wildman–Crippen LogP) is 4.58. The van der Waals surface area contributed by atoms with E-state index in [1.807, 2.05) is 23.1 Å². The number of aromatic nitrogens is 3. The van der Waals surface area contributed by atoms with E-state index < -0.39 is 5.97 Å². The number of hydrogen-bond donors (Lipinski definition) is 2. The number of carbonyl (C=O) groups is 2. The molecule has 5 rings (SSSR count). The van der Waals surface area contributed by atoms with Crippen LogP contribution in [0.25, 0.3) is 10.3 Å². The van der Waals surface area contributed by atoms with Crippen LogP contribution in [-0.4, -0.2) is 66.2 Å². The topological polar surface area (TPSA) is 136 Å². The van der Waals surface area contributed by atoms with E-state index in [4.69, 9.17) is 24.2 Å². The van der Waals surface area contributed by atoms with E-state index in [9.17, 15) is 14.7 Å². The predicted molar refractivity (Wildman–Crippen MR) is 152 cm³/mol. The van der Waals surface area contributed by atoms with Crippen LogP contribution < -0.4 is 24.4 Å². The van der Waals surface area contributed by atoms with Gasteiger partial charge in [0.05, 0.1) is 26.8 Å². The average molecular weight is 564 g/mol. The molecule has 1 unspecified atom stereocenters. The second-order valence-corrected chi connectivity index (χ2v) is 10.2. The Morgan fingerprint density at radius 2 is 1.85 bits per heavy atom. The first-order valence-corrected chi connectivity index (χ1v) is 13.6. The molecule has 1 saturated heterocycles. The number of piperidine rings is 1. The Morgan fingerprint density at radius 1 is 1.05 bits per heavy atom. The number of aromatic carboxylic acids is 1. The van der Waals surface area contributed by atoms with Crippen LogP contribution >= 0.6 is 11.3 Å². The van der Waals surface area contributed by atoms with Crippen molar-refractivity contribution in [2.75, 3.05) is 44.6 Å². The van der Waals surface area contributed by atoms with Crippen molar-refractivity contribution in [2.24, 2.45) is 5.92 Å². The number of ether oxygens (including phenoxy) is 3. The number of hydrogen-bond acceptors (Lipinski definition) is 11. The average Bonchev–Trinajstić information content (AvgIpc) is 3.46. The van der Waals surface area contributed by atoms with Crippen molar-refractivity contribution < 1.29 is 28.9 Å². The molecule has 1 atom stereocenters. The second-order valence-electron chi connectivity index (χ2n) is 9.34. The van der Waals surface area contributed by atoms with Gasteiger partial charge in [0.15, 0.2) is 22.1 Å². The third-order valence-corrected chi connectivity index (χ3v) is 7.59. The lowest BCUT2D eigenvalue weighted by atomic mass is 9.90. The smallest absolute Gasteiger partial charge is 0.339 e. The monoisotopic (exact) mass is 563 g/mol. The van der Waals surface area contributed by atoms with E-state index in [2.05, 4.69) is 10.3 Å². The van der Waals surface area contributed by atoms with Crippen LogP contribution in [0.2, 0.25) is 0 Å². The number of carbonyl (C=O) groups excluding carboxylic acids is 1. The van der Waals surface area contributed by atoms with Crippen molar-refractivity contribution in [3.63, 3.8) is 0 Å². The number of carboxylic acids is 1. The van der Waals surface area contributed by atoms with Gasteiger partial charge in [-0.3, -0.25) is 4.79 Å². The van der Waals surface area contributed by atoms with Crippen molar-refractivity contribution in [1.29, 1.82) is 0 Å². The SMILES string of the molecule is COc1ccc(Nc2nc(N3CCCC(C(=O)Cc4ccc(C(=O)O)c(OC)c4)C3)nc3scnc23)cc1OC. The van der Waals surface area contributed by atoms with E-state index in [1.54, 1.807) is 31.9 Å². The largest absolute Gasteiger partial charge is 0.496 e. The molecular weight excluding hydrogens is 534 g/mol. The summed E-state index contributed by atoms with van der Waals surface area (Å²) in [5, 5.41) is 12.7. The number of thiazole rings is 1. The zero-order chi connectivity index (χ0) is 28.2. The molecule has 0 amide bonds. The van der Waals surface area contributed by atoms with E-state index in [0.717, 1.165) is 29.9 Å². The standard InChI is InChI=1S/C28H29N5O6S/c1-37-21-9-7-18(13-23(21)39-3)30-25-24-26(40-15-29-24)32-28(31-25)33-10-4-5-17(14-33)20(34)11-16-6-8-19(27(35)36)22(12-16)38-2/h6-9,12-13,15,17H,4-5,10-11,14H2,1-3H3,(H,35,36)(H,30,31,32). The van der Waals surface area contributed by atoms with Gasteiger partial charge in [0.2, 0.25) is 5.95 Å². The summed E-state index contributed by atoms with van der Waals surface area (Å²) >= 11 is 1.43. The van der Waals surface area contributed by atoms with Crippen molar-refractivity contribution in [3.05, 3.63) is 53.0 Å². The summed E-state index contributed by atoms with van der Waals surface area (Å²) in [6.07, 6.45) is 1.77. The zero-order valence-corrected chi connectivity index (χ0v) is 23.2. The first kappa shape index (κ1) is 27.1. The molecule has 2 N–H and O–H groups in total. The van der Waals surface area contributed by atoms with Gasteiger partial charge in [0, 0.05) is 37.2 Å². The molecule has 1 aliphatic rings. The number of methoxy groups -OCH3 is 3. The number of anilines is 3. The molecule has 40 heavy (non-hydrogen) atoms. The van der Waals surface area contributed by atoms with Crippen molar-refractivity contribution in [1.82, 2.24) is 15.0 Å². The third-order valence-electron chi connectivity index (χ3n) is 6.87. The number of nitrogens with zero attached hydrogens (tertiary/aromatic N) is 4. The third kappa shape index (κ3) is 5.62. The molecule has 0 radical (unpaired) electrons. The maximum atomic E-state index is 13.3. The summed E-state index contributed by atoms with van der Waals surface area (Å²) in [6, 6.07) is 10.3. The summed E-state index contributed by atoms with van der Waals surface area (Å²) in [5.41, 5.74) is 3.93.